The van der Waals surface area contributed by atoms with Gasteiger partial charge in [-0.2, -0.15) is 5.10 Å². The minimum absolute atomic E-state index is 0.161. The molecule has 0 unspecified atom stereocenters. The second-order valence-electron chi connectivity index (χ2n) is 7.40. The van der Waals surface area contributed by atoms with E-state index >= 15 is 0 Å². The average molecular weight is 393 g/mol. The Kier molecular flexibility index (Phi) is 6.65. The molecule has 0 radical (unpaired) electrons. The molecule has 1 aromatic heterocycles. The van der Waals surface area contributed by atoms with E-state index in [1.807, 2.05) is 67.1 Å². The number of hydrogen-bond acceptors (Lipinski definition) is 3. The molecule has 0 aliphatic rings. The van der Waals surface area contributed by atoms with Gasteiger partial charge in [0.1, 0.15) is 6.04 Å². The Labute approximate surface area is 171 Å². The van der Waals surface area contributed by atoms with Crippen molar-refractivity contribution in [2.45, 2.75) is 46.2 Å². The number of carbonyl (C=O) groups excluding carboxylic acids is 2. The Morgan fingerprint density at radius 3 is 2.62 bits per heavy atom. The van der Waals surface area contributed by atoms with E-state index in [-0.39, 0.29) is 18.2 Å². The van der Waals surface area contributed by atoms with Gasteiger partial charge in [0.2, 0.25) is 11.8 Å². The Balaban J connectivity index is 1.45. The van der Waals surface area contributed by atoms with Gasteiger partial charge in [-0.25, -0.2) is 0 Å². The number of nitrogens with one attached hydrogen (secondary N) is 2. The molecule has 6 nitrogen and oxygen atoms in total. The lowest BCUT2D eigenvalue weighted by molar-refractivity contribution is -0.128. The molecule has 1 heterocycles. The fourth-order valence-electron chi connectivity index (χ4n) is 3.47. The zero-order valence-electron chi connectivity index (χ0n) is 17.2. The highest BCUT2D eigenvalue weighted by Crippen LogP contribution is 2.18. The van der Waals surface area contributed by atoms with Crippen LogP contribution in [0, 0.1) is 13.8 Å². The third-order valence-electron chi connectivity index (χ3n) is 4.95. The van der Waals surface area contributed by atoms with Crippen molar-refractivity contribution in [2.75, 3.05) is 6.54 Å². The van der Waals surface area contributed by atoms with E-state index in [0.29, 0.717) is 6.54 Å². The molecule has 3 rings (SSSR count). The quantitative estimate of drug-likeness (QED) is 0.579. The second kappa shape index (κ2) is 9.37. The smallest absolute Gasteiger partial charge is 0.242 e. The standard InChI is InChI=1S/C23H28N4O2/c1-16-14-17(2)27(26-16)13-7-12-24-23(29)18(3)25-22(28)15-20-10-6-9-19-8-4-5-11-21(19)20/h4-6,8-11,14,18H,7,12-13,15H2,1-3H3,(H,24,29)(H,25,28)/t18-/m0/s1. The van der Waals surface area contributed by atoms with Crippen molar-refractivity contribution in [3.63, 3.8) is 0 Å². The van der Waals surface area contributed by atoms with Gasteiger partial charge in [-0.3, -0.25) is 14.3 Å². The molecule has 0 saturated carbocycles. The lowest BCUT2D eigenvalue weighted by Gasteiger charge is -2.15. The molecule has 1 atom stereocenters. The highest BCUT2D eigenvalue weighted by Gasteiger charge is 2.16. The van der Waals surface area contributed by atoms with Crippen molar-refractivity contribution in [1.82, 2.24) is 20.4 Å². The summed E-state index contributed by atoms with van der Waals surface area (Å²) in [4.78, 5) is 24.7. The third-order valence-corrected chi connectivity index (χ3v) is 4.95. The van der Waals surface area contributed by atoms with Crippen LogP contribution in [-0.2, 0) is 22.6 Å². The third kappa shape index (κ3) is 5.44. The Bertz CT molecular complexity index is 1000. The van der Waals surface area contributed by atoms with E-state index in [9.17, 15) is 9.59 Å². The molecule has 6 heteroatoms. The molecule has 0 fully saturated rings. The average Bonchev–Trinajstić information content (AvgIpc) is 3.02. The summed E-state index contributed by atoms with van der Waals surface area (Å²) in [6.07, 6.45) is 1.03. The molecule has 0 saturated heterocycles. The van der Waals surface area contributed by atoms with Gasteiger partial charge in [-0.05, 0) is 49.6 Å². The molecule has 2 amide bonds. The summed E-state index contributed by atoms with van der Waals surface area (Å²) in [5.41, 5.74) is 3.06. The van der Waals surface area contributed by atoms with E-state index in [1.165, 1.54) is 0 Å². The van der Waals surface area contributed by atoms with Gasteiger partial charge in [-0.1, -0.05) is 42.5 Å². The first-order valence-electron chi connectivity index (χ1n) is 9.99. The lowest BCUT2D eigenvalue weighted by atomic mass is 10.0. The van der Waals surface area contributed by atoms with Gasteiger partial charge in [0.05, 0.1) is 12.1 Å². The van der Waals surface area contributed by atoms with Crippen molar-refractivity contribution in [3.8, 4) is 0 Å². The van der Waals surface area contributed by atoms with Crippen LogP contribution in [0.2, 0.25) is 0 Å². The van der Waals surface area contributed by atoms with E-state index in [0.717, 1.165) is 40.7 Å². The van der Waals surface area contributed by atoms with Gasteiger partial charge in [0.25, 0.3) is 0 Å². The maximum Gasteiger partial charge on any atom is 0.242 e. The van der Waals surface area contributed by atoms with E-state index in [2.05, 4.69) is 15.7 Å². The minimum atomic E-state index is -0.578. The largest absolute Gasteiger partial charge is 0.354 e. The topological polar surface area (TPSA) is 76.0 Å². The van der Waals surface area contributed by atoms with Gasteiger partial charge >= 0.3 is 0 Å². The molecule has 0 aliphatic heterocycles. The zero-order valence-corrected chi connectivity index (χ0v) is 17.2. The maximum absolute atomic E-state index is 12.4. The summed E-state index contributed by atoms with van der Waals surface area (Å²) in [5.74, 6) is -0.337. The first-order valence-corrected chi connectivity index (χ1v) is 9.99. The number of aromatic nitrogens is 2. The van der Waals surface area contributed by atoms with Crippen LogP contribution in [0.5, 0.6) is 0 Å². The summed E-state index contributed by atoms with van der Waals surface area (Å²) in [6.45, 7) is 6.99. The molecule has 2 N–H and O–H groups in total. The van der Waals surface area contributed by atoms with E-state index < -0.39 is 6.04 Å². The molecule has 3 aromatic rings. The number of carbonyl (C=O) groups is 2. The van der Waals surface area contributed by atoms with Crippen LogP contribution in [0.4, 0.5) is 0 Å². The molecule has 29 heavy (non-hydrogen) atoms. The minimum Gasteiger partial charge on any atom is -0.354 e. The first kappa shape index (κ1) is 20.6. The number of aryl methyl sites for hydroxylation is 3. The Morgan fingerprint density at radius 2 is 1.86 bits per heavy atom. The molecular formula is C23H28N4O2. The second-order valence-corrected chi connectivity index (χ2v) is 7.40. The number of amides is 2. The fraction of sp³-hybridized carbons (Fsp3) is 0.348. The van der Waals surface area contributed by atoms with Crippen LogP contribution in [0.25, 0.3) is 10.8 Å². The van der Waals surface area contributed by atoms with Crippen molar-refractivity contribution in [2.24, 2.45) is 0 Å². The maximum atomic E-state index is 12.4. The SMILES string of the molecule is Cc1cc(C)n(CCCNC(=O)[C@H](C)NC(=O)Cc2cccc3ccccc23)n1. The van der Waals surface area contributed by atoms with Gasteiger partial charge in [0, 0.05) is 18.8 Å². The van der Waals surface area contributed by atoms with Crippen molar-refractivity contribution in [1.29, 1.82) is 0 Å². The molecule has 0 bridgehead atoms. The van der Waals surface area contributed by atoms with Crippen molar-refractivity contribution in [3.05, 3.63) is 65.5 Å². The first-order chi connectivity index (χ1) is 13.9. The monoisotopic (exact) mass is 392 g/mol. The number of fused-ring (bicyclic) bond motifs is 1. The van der Waals surface area contributed by atoms with Crippen molar-refractivity contribution >= 4 is 22.6 Å². The van der Waals surface area contributed by atoms with Crippen LogP contribution in [-0.4, -0.2) is 34.2 Å². The zero-order chi connectivity index (χ0) is 20.8. The molecule has 152 valence electrons. The van der Waals surface area contributed by atoms with Gasteiger partial charge in [-0.15, -0.1) is 0 Å². The number of benzene rings is 2. The summed E-state index contributed by atoms with van der Waals surface area (Å²) in [7, 11) is 0. The van der Waals surface area contributed by atoms with Crippen LogP contribution in [0.1, 0.15) is 30.3 Å². The molecule has 0 spiro atoms. The van der Waals surface area contributed by atoms with Crippen LogP contribution in [0.3, 0.4) is 0 Å². The summed E-state index contributed by atoms with van der Waals surface area (Å²) in [6, 6.07) is 15.4. The van der Waals surface area contributed by atoms with Gasteiger partial charge < -0.3 is 10.6 Å². The predicted molar refractivity (Wildman–Crippen MR) is 115 cm³/mol. The Morgan fingerprint density at radius 1 is 1.10 bits per heavy atom. The van der Waals surface area contributed by atoms with Crippen LogP contribution in [0.15, 0.2) is 48.5 Å². The van der Waals surface area contributed by atoms with Crippen LogP contribution >= 0.6 is 0 Å². The predicted octanol–water partition coefficient (Wildman–Crippen LogP) is 2.91. The van der Waals surface area contributed by atoms with Gasteiger partial charge in [0.15, 0.2) is 0 Å². The molecule has 0 aliphatic carbocycles. The van der Waals surface area contributed by atoms with E-state index in [1.54, 1.807) is 6.92 Å². The summed E-state index contributed by atoms with van der Waals surface area (Å²) < 4.78 is 1.94. The summed E-state index contributed by atoms with van der Waals surface area (Å²) >= 11 is 0. The molecule has 2 aromatic carbocycles. The highest BCUT2D eigenvalue weighted by molar-refractivity contribution is 5.92. The van der Waals surface area contributed by atoms with Crippen LogP contribution < -0.4 is 10.6 Å². The van der Waals surface area contributed by atoms with E-state index in [4.69, 9.17) is 0 Å². The summed E-state index contributed by atoms with van der Waals surface area (Å²) in [5, 5.41) is 12.3. The number of nitrogens with zero attached hydrogens (tertiary/aromatic N) is 2. The number of rotatable bonds is 8. The Hall–Kier alpha value is -3.15. The van der Waals surface area contributed by atoms with Crippen molar-refractivity contribution < 1.29 is 9.59 Å². The lowest BCUT2D eigenvalue weighted by Crippen LogP contribution is -2.45. The molecular weight excluding hydrogens is 364 g/mol. The highest BCUT2D eigenvalue weighted by atomic mass is 16.2. The normalized spacial score (nSPS) is 12.0. The fourth-order valence-corrected chi connectivity index (χ4v) is 3.47. The number of hydrogen-bond donors (Lipinski definition) is 2.